The molecular weight excluding hydrogens is 253 g/mol. The van der Waals surface area contributed by atoms with Crippen LogP contribution < -0.4 is 5.63 Å². The van der Waals surface area contributed by atoms with E-state index in [1.807, 2.05) is 0 Å². The summed E-state index contributed by atoms with van der Waals surface area (Å²) in [4.78, 5) is 22.2. The fourth-order valence-corrected chi connectivity index (χ4v) is 2.09. The lowest BCUT2D eigenvalue weighted by atomic mass is 10.1. The lowest BCUT2D eigenvalue weighted by Gasteiger charge is -2.03. The fraction of sp³-hybridized carbons (Fsp3) is 0. The summed E-state index contributed by atoms with van der Waals surface area (Å²) < 4.78 is 18.3. The lowest BCUT2D eigenvalue weighted by molar-refractivity contribution is -0.383. The lowest BCUT2D eigenvalue weighted by Crippen LogP contribution is -2.02. The van der Waals surface area contributed by atoms with E-state index in [1.165, 1.54) is 24.3 Å². The van der Waals surface area contributed by atoms with E-state index in [2.05, 4.69) is 0 Å². The van der Waals surface area contributed by atoms with Gasteiger partial charge >= 0.3 is 5.63 Å². The summed E-state index contributed by atoms with van der Waals surface area (Å²) in [6.45, 7) is 0. The minimum atomic E-state index is -0.683. The van der Waals surface area contributed by atoms with Crippen LogP contribution in [0.15, 0.2) is 45.6 Å². The highest BCUT2D eigenvalue weighted by Gasteiger charge is 2.18. The normalized spacial score (nSPS) is 11.0. The number of nitro benzene ring substituents is 1. The molecule has 0 saturated heterocycles. The maximum atomic E-state index is 13.3. The van der Waals surface area contributed by atoms with Crippen LogP contribution in [0.25, 0.3) is 21.7 Å². The Bertz CT molecular complexity index is 885. The zero-order valence-corrected chi connectivity index (χ0v) is 9.42. The molecule has 0 atom stereocenters. The number of hydrogen-bond acceptors (Lipinski definition) is 4. The predicted octanol–water partition coefficient (Wildman–Crippen LogP) is 2.99. The Hall–Kier alpha value is -2.76. The first kappa shape index (κ1) is 11.3. The average Bonchev–Trinajstić information content (AvgIpc) is 2.39. The van der Waals surface area contributed by atoms with Crippen molar-refractivity contribution in [3.8, 4) is 0 Å². The van der Waals surface area contributed by atoms with Gasteiger partial charge in [-0.25, -0.2) is 9.18 Å². The molecule has 0 aliphatic carbocycles. The highest BCUT2D eigenvalue weighted by atomic mass is 19.1. The third-order valence-electron chi connectivity index (χ3n) is 2.87. The van der Waals surface area contributed by atoms with Crippen molar-refractivity contribution in [1.82, 2.24) is 0 Å². The molecule has 94 valence electrons. The first-order valence-corrected chi connectivity index (χ1v) is 5.37. The Morgan fingerprint density at radius 3 is 2.68 bits per heavy atom. The van der Waals surface area contributed by atoms with Crippen molar-refractivity contribution >= 4 is 27.4 Å². The van der Waals surface area contributed by atoms with Gasteiger partial charge in [0.2, 0.25) is 0 Å². The predicted molar refractivity (Wildman–Crippen MR) is 66.6 cm³/mol. The second kappa shape index (κ2) is 3.88. The third kappa shape index (κ3) is 1.65. The highest BCUT2D eigenvalue weighted by Crippen LogP contribution is 2.30. The Labute approximate surface area is 105 Å². The minimum absolute atomic E-state index is 0.0623. The van der Waals surface area contributed by atoms with Gasteiger partial charge in [0.15, 0.2) is 0 Å². The van der Waals surface area contributed by atoms with Crippen molar-refractivity contribution in [2.45, 2.75) is 0 Å². The van der Waals surface area contributed by atoms with E-state index in [1.54, 1.807) is 0 Å². The molecule has 3 aromatic rings. The molecule has 0 saturated carbocycles. The van der Waals surface area contributed by atoms with Gasteiger partial charge in [0.1, 0.15) is 11.4 Å². The van der Waals surface area contributed by atoms with Crippen molar-refractivity contribution in [1.29, 1.82) is 0 Å². The van der Waals surface area contributed by atoms with Crippen LogP contribution in [0.2, 0.25) is 0 Å². The van der Waals surface area contributed by atoms with Crippen LogP contribution in [0.1, 0.15) is 0 Å². The van der Waals surface area contributed by atoms with E-state index in [0.29, 0.717) is 0 Å². The summed E-state index contributed by atoms with van der Waals surface area (Å²) in [5.41, 5.74) is -0.813. The van der Waals surface area contributed by atoms with E-state index in [-0.39, 0.29) is 27.4 Å². The van der Waals surface area contributed by atoms with Crippen LogP contribution in [0.5, 0.6) is 0 Å². The number of benzene rings is 2. The van der Waals surface area contributed by atoms with Gasteiger partial charge in [0.05, 0.1) is 15.7 Å². The number of hydrogen-bond donors (Lipinski definition) is 0. The molecule has 3 rings (SSSR count). The number of non-ortho nitro benzene ring substituents is 1. The van der Waals surface area contributed by atoms with Crippen LogP contribution in [-0.4, -0.2) is 4.92 Å². The number of halogens is 1. The number of nitrogens with zero attached hydrogens (tertiary/aromatic N) is 1. The quantitative estimate of drug-likeness (QED) is 0.291. The molecule has 0 unspecified atom stereocenters. The van der Waals surface area contributed by atoms with Gasteiger partial charge in [-0.1, -0.05) is 6.07 Å². The maximum Gasteiger partial charge on any atom is 0.344 e. The molecule has 19 heavy (non-hydrogen) atoms. The van der Waals surface area contributed by atoms with Crippen molar-refractivity contribution < 1.29 is 13.7 Å². The molecule has 1 heterocycles. The van der Waals surface area contributed by atoms with E-state index in [9.17, 15) is 19.3 Å². The summed E-state index contributed by atoms with van der Waals surface area (Å²) in [6, 6.07) is 7.61. The summed E-state index contributed by atoms with van der Waals surface area (Å²) in [5.74, 6) is -0.555. The Morgan fingerprint density at radius 2 is 1.95 bits per heavy atom. The SMILES string of the molecule is O=c1oc2ccc(F)cc2c2c([N+](=O)[O-])cccc12. The van der Waals surface area contributed by atoms with Crippen LogP contribution in [0, 0.1) is 15.9 Å². The molecule has 0 fully saturated rings. The smallest absolute Gasteiger partial charge is 0.344 e. The van der Waals surface area contributed by atoms with E-state index in [0.717, 1.165) is 12.1 Å². The van der Waals surface area contributed by atoms with E-state index in [4.69, 9.17) is 4.42 Å². The Kier molecular flexibility index (Phi) is 2.31. The number of fused-ring (bicyclic) bond motifs is 3. The van der Waals surface area contributed by atoms with Gasteiger partial charge in [0, 0.05) is 11.5 Å². The molecule has 0 N–H and O–H groups in total. The molecule has 6 heteroatoms. The third-order valence-corrected chi connectivity index (χ3v) is 2.87. The molecule has 0 aliphatic heterocycles. The second-order valence-electron chi connectivity index (χ2n) is 3.99. The van der Waals surface area contributed by atoms with Crippen LogP contribution in [0.4, 0.5) is 10.1 Å². The topological polar surface area (TPSA) is 73.3 Å². The van der Waals surface area contributed by atoms with Gasteiger partial charge in [-0.3, -0.25) is 10.1 Å². The summed E-state index contributed by atoms with van der Waals surface area (Å²) in [7, 11) is 0. The molecule has 0 radical (unpaired) electrons. The van der Waals surface area contributed by atoms with Crippen molar-refractivity contribution in [3.63, 3.8) is 0 Å². The number of rotatable bonds is 1. The average molecular weight is 259 g/mol. The van der Waals surface area contributed by atoms with Gasteiger partial charge in [-0.2, -0.15) is 0 Å². The zero-order chi connectivity index (χ0) is 13.6. The van der Waals surface area contributed by atoms with E-state index >= 15 is 0 Å². The molecule has 5 nitrogen and oxygen atoms in total. The summed E-state index contributed by atoms with van der Waals surface area (Å²) in [5, 5.41) is 11.4. The first-order valence-electron chi connectivity index (χ1n) is 5.37. The maximum absolute atomic E-state index is 13.3. The molecular formula is C13H6FNO4. The molecule has 0 aliphatic rings. The summed E-state index contributed by atoms with van der Waals surface area (Å²) >= 11 is 0. The first-order chi connectivity index (χ1) is 9.08. The van der Waals surface area contributed by atoms with E-state index < -0.39 is 16.4 Å². The molecule has 0 bridgehead atoms. The van der Waals surface area contributed by atoms with Crippen LogP contribution in [-0.2, 0) is 0 Å². The fourth-order valence-electron chi connectivity index (χ4n) is 2.09. The standard InChI is InChI=1S/C13H6FNO4/c14-7-4-5-11-9(6-7)12-8(13(16)19-11)2-1-3-10(12)15(17)18/h1-6H. The Morgan fingerprint density at radius 1 is 1.16 bits per heavy atom. The second-order valence-corrected chi connectivity index (χ2v) is 3.99. The minimum Gasteiger partial charge on any atom is -0.422 e. The van der Waals surface area contributed by atoms with Crippen molar-refractivity contribution in [3.05, 3.63) is 62.7 Å². The van der Waals surface area contributed by atoms with Gasteiger partial charge in [-0.15, -0.1) is 0 Å². The highest BCUT2D eigenvalue weighted by molar-refractivity contribution is 6.09. The van der Waals surface area contributed by atoms with Crippen molar-refractivity contribution in [2.24, 2.45) is 0 Å². The Balaban J connectivity index is 2.67. The largest absolute Gasteiger partial charge is 0.422 e. The molecule has 0 amide bonds. The van der Waals surface area contributed by atoms with Gasteiger partial charge in [-0.05, 0) is 24.3 Å². The van der Waals surface area contributed by atoms with Crippen LogP contribution >= 0.6 is 0 Å². The van der Waals surface area contributed by atoms with Crippen LogP contribution in [0.3, 0.4) is 0 Å². The van der Waals surface area contributed by atoms with Gasteiger partial charge in [0.25, 0.3) is 5.69 Å². The molecule has 2 aromatic carbocycles. The molecule has 0 spiro atoms. The molecule has 1 aromatic heterocycles. The monoisotopic (exact) mass is 259 g/mol. The summed E-state index contributed by atoms with van der Waals surface area (Å²) in [6.07, 6.45) is 0. The van der Waals surface area contributed by atoms with Crippen molar-refractivity contribution in [2.75, 3.05) is 0 Å². The van der Waals surface area contributed by atoms with Gasteiger partial charge < -0.3 is 4.42 Å². The number of nitro groups is 1. The zero-order valence-electron chi connectivity index (χ0n) is 9.42.